The monoisotopic (exact) mass is 356 g/mol. The highest BCUT2D eigenvalue weighted by Crippen LogP contribution is 2.13. The predicted molar refractivity (Wildman–Crippen MR) is 96.8 cm³/mol. The molecule has 7 heteroatoms. The summed E-state index contributed by atoms with van der Waals surface area (Å²) in [5, 5.41) is 3.80. The van der Waals surface area contributed by atoms with Gasteiger partial charge in [-0.1, -0.05) is 12.1 Å². The van der Waals surface area contributed by atoms with Crippen LogP contribution in [0.1, 0.15) is 32.1 Å². The van der Waals surface area contributed by atoms with Gasteiger partial charge in [-0.3, -0.25) is 0 Å². The molecule has 1 N–H and O–H groups in total. The Balaban J connectivity index is 1.90. The van der Waals surface area contributed by atoms with E-state index in [1.54, 1.807) is 57.2 Å². The zero-order valence-corrected chi connectivity index (χ0v) is 14.8. The van der Waals surface area contributed by atoms with Crippen LogP contribution in [-0.4, -0.2) is 23.9 Å². The molecule has 0 fully saturated rings. The topological polar surface area (TPSA) is 90.1 Å². The molecule has 26 heavy (non-hydrogen) atoms. The lowest BCUT2D eigenvalue weighted by Gasteiger charge is -2.18. The van der Waals surface area contributed by atoms with Crippen LogP contribution >= 0.6 is 0 Å². The lowest BCUT2D eigenvalue weighted by atomic mass is 10.2. The average molecular weight is 356 g/mol. The molecule has 0 saturated carbocycles. The van der Waals surface area contributed by atoms with E-state index >= 15 is 0 Å². The van der Waals surface area contributed by atoms with Gasteiger partial charge in [-0.15, -0.1) is 0 Å². The summed E-state index contributed by atoms with van der Waals surface area (Å²) in [7, 11) is 0. The van der Waals surface area contributed by atoms with Gasteiger partial charge in [0.15, 0.2) is 0 Å². The first kappa shape index (κ1) is 19.0. The van der Waals surface area contributed by atoms with Crippen LogP contribution in [0.15, 0.2) is 58.3 Å². The van der Waals surface area contributed by atoms with Gasteiger partial charge >= 0.3 is 12.1 Å². The molecule has 0 aliphatic carbocycles. The van der Waals surface area contributed by atoms with E-state index in [9.17, 15) is 9.59 Å². The van der Waals surface area contributed by atoms with Gasteiger partial charge < -0.3 is 13.9 Å². The number of carbonyl (C=O) groups is 2. The largest absolute Gasteiger partial charge is 0.465 e. The third-order valence-electron chi connectivity index (χ3n) is 2.77. The van der Waals surface area contributed by atoms with Gasteiger partial charge in [0.1, 0.15) is 17.1 Å². The average Bonchev–Trinajstić information content (AvgIpc) is 3.05. The van der Waals surface area contributed by atoms with Crippen LogP contribution in [0.3, 0.4) is 0 Å². The van der Waals surface area contributed by atoms with Crippen molar-refractivity contribution < 1.29 is 23.5 Å². The van der Waals surface area contributed by atoms with Crippen molar-refractivity contribution in [1.29, 1.82) is 0 Å². The van der Waals surface area contributed by atoms with E-state index in [1.165, 1.54) is 24.6 Å². The van der Waals surface area contributed by atoms with Crippen molar-refractivity contribution in [2.75, 3.05) is 0 Å². The number of nitrogens with zero attached hydrogens (tertiary/aromatic N) is 1. The SMILES string of the molecule is CC(C)(C)OC(=O)N/N=C\c1cccc(OC(=O)/C=C\c2ccco2)c1. The molecular formula is C19H20N2O5. The number of esters is 1. The van der Waals surface area contributed by atoms with Gasteiger partial charge in [0.05, 0.1) is 12.5 Å². The quantitative estimate of drug-likeness (QED) is 0.290. The molecule has 0 atom stereocenters. The van der Waals surface area contributed by atoms with E-state index in [2.05, 4.69) is 10.5 Å². The van der Waals surface area contributed by atoms with Crippen LogP contribution in [0.25, 0.3) is 6.08 Å². The maximum atomic E-state index is 11.8. The summed E-state index contributed by atoms with van der Waals surface area (Å²) in [4.78, 5) is 23.3. The molecule has 0 bridgehead atoms. The molecule has 1 aromatic carbocycles. The molecule has 1 heterocycles. The lowest BCUT2D eigenvalue weighted by molar-refractivity contribution is -0.128. The minimum absolute atomic E-state index is 0.348. The lowest BCUT2D eigenvalue weighted by Crippen LogP contribution is -2.29. The number of hydrogen-bond acceptors (Lipinski definition) is 6. The first-order valence-corrected chi connectivity index (χ1v) is 7.87. The zero-order chi connectivity index (χ0) is 19.0. The number of benzene rings is 1. The number of furan rings is 1. The second kappa shape index (κ2) is 8.66. The molecule has 0 radical (unpaired) electrons. The molecule has 1 amide bonds. The fourth-order valence-corrected chi connectivity index (χ4v) is 1.81. The maximum absolute atomic E-state index is 11.8. The third-order valence-corrected chi connectivity index (χ3v) is 2.77. The molecule has 1 aromatic heterocycles. The van der Waals surface area contributed by atoms with Gasteiger partial charge in [-0.05, 0) is 56.7 Å². The Morgan fingerprint density at radius 2 is 2.00 bits per heavy atom. The fraction of sp³-hybridized carbons (Fsp3) is 0.211. The zero-order valence-electron chi connectivity index (χ0n) is 14.8. The van der Waals surface area contributed by atoms with Crippen LogP contribution in [0.5, 0.6) is 5.75 Å². The van der Waals surface area contributed by atoms with E-state index in [1.807, 2.05) is 0 Å². The number of hydrogen-bond donors (Lipinski definition) is 1. The first-order valence-electron chi connectivity index (χ1n) is 7.87. The van der Waals surface area contributed by atoms with Crippen LogP contribution < -0.4 is 10.2 Å². The highest BCUT2D eigenvalue weighted by molar-refractivity contribution is 5.88. The summed E-state index contributed by atoms with van der Waals surface area (Å²) in [6.45, 7) is 5.28. The van der Waals surface area contributed by atoms with E-state index < -0.39 is 17.7 Å². The molecule has 0 saturated heterocycles. The van der Waals surface area contributed by atoms with Crippen LogP contribution in [0.2, 0.25) is 0 Å². The second-order valence-corrected chi connectivity index (χ2v) is 6.21. The summed E-state index contributed by atoms with van der Waals surface area (Å²) in [6.07, 6.45) is 5.06. The highest BCUT2D eigenvalue weighted by atomic mass is 16.6. The summed E-state index contributed by atoms with van der Waals surface area (Å²) in [5.41, 5.74) is 2.30. The Labute approximate surface area is 151 Å². The number of nitrogens with one attached hydrogen (secondary N) is 1. The van der Waals surface area contributed by atoms with Gasteiger partial charge in [0.25, 0.3) is 0 Å². The van der Waals surface area contributed by atoms with Crippen molar-refractivity contribution in [1.82, 2.24) is 5.43 Å². The Bertz CT molecular complexity index is 802. The second-order valence-electron chi connectivity index (χ2n) is 6.21. The normalized spacial score (nSPS) is 11.7. The number of hydrazone groups is 1. The van der Waals surface area contributed by atoms with Gasteiger partial charge in [0.2, 0.25) is 0 Å². The Morgan fingerprint density at radius 3 is 2.69 bits per heavy atom. The number of ether oxygens (including phenoxy) is 2. The van der Waals surface area contributed by atoms with Gasteiger partial charge in [-0.25, -0.2) is 15.0 Å². The Hall–Kier alpha value is -3.35. The molecule has 0 aliphatic rings. The van der Waals surface area contributed by atoms with E-state index in [-0.39, 0.29) is 0 Å². The van der Waals surface area contributed by atoms with E-state index in [0.29, 0.717) is 17.1 Å². The summed E-state index contributed by atoms with van der Waals surface area (Å²) in [6, 6.07) is 10.1. The summed E-state index contributed by atoms with van der Waals surface area (Å²) in [5.74, 6) is 0.360. The summed E-state index contributed by atoms with van der Waals surface area (Å²) >= 11 is 0. The van der Waals surface area contributed by atoms with Crippen molar-refractivity contribution in [3.63, 3.8) is 0 Å². The third kappa shape index (κ3) is 7.04. The number of rotatable bonds is 5. The van der Waals surface area contributed by atoms with Gasteiger partial charge in [0, 0.05) is 6.08 Å². The Morgan fingerprint density at radius 1 is 1.19 bits per heavy atom. The predicted octanol–water partition coefficient (Wildman–Crippen LogP) is 3.76. The molecule has 2 rings (SSSR count). The molecule has 0 aliphatic heterocycles. The molecule has 0 unspecified atom stereocenters. The van der Waals surface area contributed by atoms with Crippen LogP contribution in [0, 0.1) is 0 Å². The van der Waals surface area contributed by atoms with Crippen LogP contribution in [-0.2, 0) is 9.53 Å². The van der Waals surface area contributed by atoms with Crippen molar-refractivity contribution >= 4 is 24.4 Å². The van der Waals surface area contributed by atoms with Crippen molar-refractivity contribution in [2.24, 2.45) is 5.10 Å². The van der Waals surface area contributed by atoms with Crippen molar-refractivity contribution in [2.45, 2.75) is 26.4 Å². The molecule has 2 aromatic rings. The van der Waals surface area contributed by atoms with Gasteiger partial charge in [-0.2, -0.15) is 5.10 Å². The summed E-state index contributed by atoms with van der Waals surface area (Å²) < 4.78 is 15.4. The minimum atomic E-state index is -0.653. The van der Waals surface area contributed by atoms with Crippen molar-refractivity contribution in [3.05, 3.63) is 60.1 Å². The molecule has 136 valence electrons. The first-order chi connectivity index (χ1) is 12.3. The number of amides is 1. The van der Waals surface area contributed by atoms with E-state index in [0.717, 1.165) is 0 Å². The maximum Gasteiger partial charge on any atom is 0.428 e. The molecule has 0 spiro atoms. The van der Waals surface area contributed by atoms with Crippen molar-refractivity contribution in [3.8, 4) is 5.75 Å². The number of carbonyl (C=O) groups excluding carboxylic acids is 2. The molecule has 7 nitrogen and oxygen atoms in total. The standard InChI is InChI=1S/C19H20N2O5/c1-19(2,3)26-18(23)21-20-13-14-6-4-7-16(12-14)25-17(22)10-9-15-8-5-11-24-15/h4-13H,1-3H3,(H,21,23)/b10-9-,20-13-. The van der Waals surface area contributed by atoms with E-state index in [4.69, 9.17) is 13.9 Å². The fourth-order valence-electron chi connectivity index (χ4n) is 1.81. The minimum Gasteiger partial charge on any atom is -0.465 e. The Kier molecular flexibility index (Phi) is 6.32. The van der Waals surface area contributed by atoms with Crippen LogP contribution in [0.4, 0.5) is 4.79 Å². The molecular weight excluding hydrogens is 336 g/mol. The highest BCUT2D eigenvalue weighted by Gasteiger charge is 2.15. The smallest absolute Gasteiger partial charge is 0.428 e.